The van der Waals surface area contributed by atoms with Crippen LogP contribution in [-0.2, 0) is 18.2 Å². The molecule has 0 aromatic carbocycles. The number of esters is 1. The Morgan fingerprint density at radius 1 is 1.43 bits per heavy atom. The predicted molar refractivity (Wildman–Crippen MR) is 78.1 cm³/mol. The topological polar surface area (TPSA) is 81.9 Å². The third-order valence-electron chi connectivity index (χ3n) is 2.93. The summed E-state index contributed by atoms with van der Waals surface area (Å²) in [5, 5.41) is 7.24. The van der Waals surface area contributed by atoms with Gasteiger partial charge in [-0.25, -0.2) is 14.8 Å². The fourth-order valence-corrected chi connectivity index (χ4v) is 1.88. The molecule has 0 spiro atoms. The zero-order valence-corrected chi connectivity index (χ0v) is 12.5. The second-order valence-corrected chi connectivity index (χ2v) is 4.61. The molecular weight excluding hydrogens is 270 g/mol. The lowest BCUT2D eigenvalue weighted by molar-refractivity contribution is 0.0524. The molecule has 112 valence electrons. The number of carbonyl (C=O) groups excluding carboxylic acids is 1. The first-order valence-corrected chi connectivity index (χ1v) is 6.82. The summed E-state index contributed by atoms with van der Waals surface area (Å²) in [6.45, 7) is 4.57. The van der Waals surface area contributed by atoms with Crippen molar-refractivity contribution in [3.8, 4) is 0 Å². The smallest absolute Gasteiger partial charge is 0.341 e. The van der Waals surface area contributed by atoms with Gasteiger partial charge in [-0.3, -0.25) is 4.68 Å². The average Bonchev–Trinajstić information content (AvgIpc) is 2.85. The molecule has 0 radical (unpaired) electrons. The van der Waals surface area contributed by atoms with Crippen molar-refractivity contribution in [3.05, 3.63) is 35.4 Å². The predicted octanol–water partition coefficient (Wildman–Crippen LogP) is 1.35. The minimum Gasteiger partial charge on any atom is -0.462 e. The van der Waals surface area contributed by atoms with E-state index in [1.165, 1.54) is 6.20 Å². The quantitative estimate of drug-likeness (QED) is 0.808. The summed E-state index contributed by atoms with van der Waals surface area (Å²) in [5.74, 6) is 0.112. The summed E-state index contributed by atoms with van der Waals surface area (Å²) < 4.78 is 6.71. The van der Waals surface area contributed by atoms with E-state index >= 15 is 0 Å². The molecule has 0 aliphatic carbocycles. The Bertz CT molecular complexity index is 624. The van der Waals surface area contributed by atoms with Gasteiger partial charge in [-0.05, 0) is 25.8 Å². The van der Waals surface area contributed by atoms with E-state index in [1.54, 1.807) is 18.5 Å². The van der Waals surface area contributed by atoms with Crippen molar-refractivity contribution in [1.82, 2.24) is 19.7 Å². The first kappa shape index (κ1) is 15.0. The Kier molecular flexibility index (Phi) is 4.86. The molecule has 0 atom stereocenters. The fraction of sp³-hybridized carbons (Fsp3) is 0.429. The zero-order valence-electron chi connectivity index (χ0n) is 12.5. The number of anilines is 1. The summed E-state index contributed by atoms with van der Waals surface area (Å²) in [6.07, 6.45) is 6.12. The number of carbonyl (C=O) groups is 1. The van der Waals surface area contributed by atoms with Crippen LogP contribution in [-0.4, -0.2) is 38.9 Å². The van der Waals surface area contributed by atoms with Gasteiger partial charge in [0.1, 0.15) is 0 Å². The van der Waals surface area contributed by atoms with Crippen LogP contribution in [0.5, 0.6) is 0 Å². The third-order valence-corrected chi connectivity index (χ3v) is 2.93. The number of hydrogen-bond acceptors (Lipinski definition) is 6. The molecule has 0 saturated carbocycles. The van der Waals surface area contributed by atoms with Gasteiger partial charge in [-0.2, -0.15) is 5.10 Å². The molecule has 0 unspecified atom stereocenters. The summed E-state index contributed by atoms with van der Waals surface area (Å²) >= 11 is 0. The van der Waals surface area contributed by atoms with E-state index in [-0.39, 0.29) is 0 Å². The van der Waals surface area contributed by atoms with Crippen LogP contribution in [0.3, 0.4) is 0 Å². The molecule has 0 aliphatic heterocycles. The zero-order chi connectivity index (χ0) is 15.2. The molecule has 2 aromatic heterocycles. The van der Waals surface area contributed by atoms with Gasteiger partial charge in [0.05, 0.1) is 24.1 Å². The molecule has 0 fully saturated rings. The van der Waals surface area contributed by atoms with Crippen molar-refractivity contribution < 1.29 is 9.53 Å². The van der Waals surface area contributed by atoms with Gasteiger partial charge in [0.15, 0.2) is 0 Å². The van der Waals surface area contributed by atoms with Crippen LogP contribution in [0.1, 0.15) is 28.5 Å². The normalized spacial score (nSPS) is 10.4. The monoisotopic (exact) mass is 289 g/mol. The van der Waals surface area contributed by atoms with Crippen LogP contribution in [0.25, 0.3) is 0 Å². The van der Waals surface area contributed by atoms with Gasteiger partial charge < -0.3 is 10.1 Å². The maximum Gasteiger partial charge on any atom is 0.341 e. The molecule has 1 N–H and O–H groups in total. The highest BCUT2D eigenvalue weighted by molar-refractivity contribution is 5.90. The number of hydrogen-bond donors (Lipinski definition) is 1. The molecular formula is C14H19N5O2. The Labute approximate surface area is 123 Å². The van der Waals surface area contributed by atoms with Gasteiger partial charge >= 0.3 is 5.97 Å². The summed E-state index contributed by atoms with van der Waals surface area (Å²) in [5.41, 5.74) is 2.15. The third kappa shape index (κ3) is 4.01. The van der Waals surface area contributed by atoms with Crippen LogP contribution in [0.15, 0.2) is 18.6 Å². The number of rotatable bonds is 6. The van der Waals surface area contributed by atoms with E-state index in [4.69, 9.17) is 4.74 Å². The highest BCUT2D eigenvalue weighted by Crippen LogP contribution is 2.09. The Balaban J connectivity index is 1.92. The minimum atomic E-state index is -0.392. The van der Waals surface area contributed by atoms with Crippen LogP contribution >= 0.6 is 0 Å². The van der Waals surface area contributed by atoms with Gasteiger partial charge in [0.2, 0.25) is 5.95 Å². The molecule has 2 heterocycles. The molecule has 2 aromatic rings. The van der Waals surface area contributed by atoms with E-state index in [0.717, 1.165) is 12.0 Å². The Morgan fingerprint density at radius 3 is 2.86 bits per heavy atom. The van der Waals surface area contributed by atoms with Crippen LogP contribution in [0.4, 0.5) is 5.95 Å². The van der Waals surface area contributed by atoms with E-state index in [9.17, 15) is 4.79 Å². The average molecular weight is 289 g/mol. The van der Waals surface area contributed by atoms with Crippen LogP contribution in [0, 0.1) is 6.92 Å². The maximum absolute atomic E-state index is 11.6. The van der Waals surface area contributed by atoms with Gasteiger partial charge in [0, 0.05) is 26.0 Å². The van der Waals surface area contributed by atoms with Crippen molar-refractivity contribution in [2.24, 2.45) is 7.05 Å². The Hall–Kier alpha value is -2.44. The highest BCUT2D eigenvalue weighted by atomic mass is 16.5. The summed E-state index contributed by atoms with van der Waals surface area (Å²) in [7, 11) is 1.89. The number of nitrogens with zero attached hydrogens (tertiary/aromatic N) is 4. The SMILES string of the molecule is CCOC(=O)c1cnc(NCCc2cnn(C)c2)nc1C. The van der Waals surface area contributed by atoms with Crippen molar-refractivity contribution in [2.75, 3.05) is 18.5 Å². The van der Waals surface area contributed by atoms with Crippen molar-refractivity contribution >= 4 is 11.9 Å². The number of aryl methyl sites for hydroxylation is 2. The lowest BCUT2D eigenvalue weighted by Gasteiger charge is -2.07. The molecule has 0 saturated heterocycles. The lowest BCUT2D eigenvalue weighted by atomic mass is 10.2. The summed E-state index contributed by atoms with van der Waals surface area (Å²) in [6, 6.07) is 0. The molecule has 2 rings (SSSR count). The van der Waals surface area contributed by atoms with E-state index < -0.39 is 5.97 Å². The van der Waals surface area contributed by atoms with E-state index in [0.29, 0.717) is 30.4 Å². The molecule has 0 amide bonds. The van der Waals surface area contributed by atoms with Gasteiger partial charge in [-0.15, -0.1) is 0 Å². The van der Waals surface area contributed by atoms with Gasteiger partial charge in [0.25, 0.3) is 0 Å². The number of ether oxygens (including phenoxy) is 1. The van der Waals surface area contributed by atoms with E-state index in [2.05, 4.69) is 20.4 Å². The number of nitrogens with one attached hydrogen (secondary N) is 1. The van der Waals surface area contributed by atoms with E-state index in [1.807, 2.05) is 19.4 Å². The van der Waals surface area contributed by atoms with Crippen LogP contribution < -0.4 is 5.32 Å². The van der Waals surface area contributed by atoms with Crippen molar-refractivity contribution in [2.45, 2.75) is 20.3 Å². The van der Waals surface area contributed by atoms with Crippen LogP contribution in [0.2, 0.25) is 0 Å². The molecule has 21 heavy (non-hydrogen) atoms. The Morgan fingerprint density at radius 2 is 2.24 bits per heavy atom. The molecule has 0 bridgehead atoms. The van der Waals surface area contributed by atoms with Crippen molar-refractivity contribution in [3.63, 3.8) is 0 Å². The summed E-state index contributed by atoms with van der Waals surface area (Å²) in [4.78, 5) is 20.1. The second-order valence-electron chi connectivity index (χ2n) is 4.61. The maximum atomic E-state index is 11.6. The molecule has 0 aliphatic rings. The second kappa shape index (κ2) is 6.83. The highest BCUT2D eigenvalue weighted by Gasteiger charge is 2.12. The molecule has 7 nitrogen and oxygen atoms in total. The fourth-order valence-electron chi connectivity index (χ4n) is 1.88. The number of aromatic nitrogens is 4. The standard InChI is InChI=1S/C14H19N5O2/c1-4-21-13(20)12-8-16-14(18-10(12)2)15-6-5-11-7-17-19(3)9-11/h7-9H,4-6H2,1-3H3,(H,15,16,18). The van der Waals surface area contributed by atoms with Gasteiger partial charge in [-0.1, -0.05) is 0 Å². The lowest BCUT2D eigenvalue weighted by Crippen LogP contribution is -2.12. The van der Waals surface area contributed by atoms with Crippen molar-refractivity contribution in [1.29, 1.82) is 0 Å². The molecule has 7 heteroatoms. The largest absolute Gasteiger partial charge is 0.462 e. The first-order chi connectivity index (χ1) is 10.1. The minimum absolute atomic E-state index is 0.337. The first-order valence-electron chi connectivity index (χ1n) is 6.82.